The molecule has 1 aromatic rings. The minimum atomic E-state index is 0.0260. The Hall–Kier alpha value is -1.63. The molecule has 0 spiro atoms. The summed E-state index contributed by atoms with van der Waals surface area (Å²) in [6, 6.07) is 9.19. The fourth-order valence-electron chi connectivity index (χ4n) is 1.10. The van der Waals surface area contributed by atoms with Crippen molar-refractivity contribution >= 4 is 5.78 Å². The van der Waals surface area contributed by atoms with E-state index in [9.17, 15) is 4.79 Å². The maximum absolute atomic E-state index is 11.7. The molecule has 0 aliphatic carbocycles. The fraction of sp³-hybridized carbons (Fsp3) is 0.0833. The third-order valence-corrected chi connectivity index (χ3v) is 1.83. The summed E-state index contributed by atoms with van der Waals surface area (Å²) >= 11 is 0. The Kier molecular flexibility index (Phi) is 3.21. The van der Waals surface area contributed by atoms with Gasteiger partial charge in [-0.3, -0.25) is 4.79 Å². The summed E-state index contributed by atoms with van der Waals surface area (Å²) in [4.78, 5) is 11.7. The molecule has 0 saturated carbocycles. The van der Waals surface area contributed by atoms with E-state index in [4.69, 9.17) is 0 Å². The zero-order valence-corrected chi connectivity index (χ0v) is 7.66. The predicted octanol–water partition coefficient (Wildman–Crippen LogP) is 3.00. The van der Waals surface area contributed by atoms with E-state index in [2.05, 4.69) is 6.58 Å². The lowest BCUT2D eigenvalue weighted by Crippen LogP contribution is -2.00. The van der Waals surface area contributed by atoms with E-state index in [0.29, 0.717) is 11.1 Å². The molecule has 1 heteroatoms. The lowest BCUT2D eigenvalue weighted by Gasteiger charge is -1.99. The highest BCUT2D eigenvalue weighted by Crippen LogP contribution is 2.08. The second kappa shape index (κ2) is 4.41. The van der Waals surface area contributed by atoms with Gasteiger partial charge >= 0.3 is 0 Å². The Morgan fingerprint density at radius 1 is 1.31 bits per heavy atom. The fourth-order valence-corrected chi connectivity index (χ4v) is 1.10. The first-order valence-corrected chi connectivity index (χ1v) is 4.18. The van der Waals surface area contributed by atoms with Gasteiger partial charge in [-0.15, -0.1) is 0 Å². The topological polar surface area (TPSA) is 17.1 Å². The molecule has 66 valence electrons. The molecule has 1 rings (SSSR count). The Balaban J connectivity index is 2.98. The molecule has 0 atom stereocenters. The van der Waals surface area contributed by atoms with Crippen LogP contribution in [0.5, 0.6) is 0 Å². The molecule has 0 heterocycles. The summed E-state index contributed by atoms with van der Waals surface area (Å²) in [5.41, 5.74) is 1.35. The van der Waals surface area contributed by atoms with Gasteiger partial charge in [-0.2, -0.15) is 0 Å². The van der Waals surface area contributed by atoms with Crippen LogP contribution in [0.2, 0.25) is 0 Å². The van der Waals surface area contributed by atoms with E-state index < -0.39 is 0 Å². The van der Waals surface area contributed by atoms with Gasteiger partial charge in [-0.25, -0.2) is 0 Å². The molecular weight excluding hydrogens is 160 g/mol. The van der Waals surface area contributed by atoms with Crippen molar-refractivity contribution in [2.24, 2.45) is 0 Å². The molecule has 0 aromatic heterocycles. The SMILES string of the molecule is C=C/C(=C\C)C(=O)c1ccccc1. The molecule has 0 amide bonds. The standard InChI is InChI=1S/C12H12O/c1-3-10(4-2)12(13)11-8-6-5-7-9-11/h3-9H,1H2,2H3/b10-4+. The lowest BCUT2D eigenvalue weighted by atomic mass is 10.0. The van der Waals surface area contributed by atoms with Crippen LogP contribution in [0, 0.1) is 0 Å². The Morgan fingerprint density at radius 2 is 1.92 bits per heavy atom. The van der Waals surface area contributed by atoms with Gasteiger partial charge in [0, 0.05) is 11.1 Å². The molecule has 0 aliphatic rings. The van der Waals surface area contributed by atoms with Crippen LogP contribution < -0.4 is 0 Å². The van der Waals surface area contributed by atoms with Gasteiger partial charge in [0.2, 0.25) is 0 Å². The van der Waals surface area contributed by atoms with Gasteiger partial charge in [0.25, 0.3) is 0 Å². The van der Waals surface area contributed by atoms with E-state index in [1.54, 1.807) is 24.3 Å². The maximum Gasteiger partial charge on any atom is 0.192 e. The Morgan fingerprint density at radius 3 is 2.38 bits per heavy atom. The van der Waals surface area contributed by atoms with Crippen LogP contribution in [-0.4, -0.2) is 5.78 Å². The van der Waals surface area contributed by atoms with Crippen LogP contribution in [0.3, 0.4) is 0 Å². The minimum Gasteiger partial charge on any atom is -0.289 e. The first-order chi connectivity index (χ1) is 6.29. The number of hydrogen-bond acceptors (Lipinski definition) is 1. The number of ketones is 1. The van der Waals surface area contributed by atoms with E-state index in [1.807, 2.05) is 25.1 Å². The van der Waals surface area contributed by atoms with Crippen molar-refractivity contribution in [1.29, 1.82) is 0 Å². The van der Waals surface area contributed by atoms with Gasteiger partial charge in [-0.1, -0.05) is 49.1 Å². The third-order valence-electron chi connectivity index (χ3n) is 1.83. The van der Waals surface area contributed by atoms with Crippen LogP contribution in [0.1, 0.15) is 17.3 Å². The second-order valence-electron chi connectivity index (χ2n) is 2.64. The largest absolute Gasteiger partial charge is 0.289 e. The van der Waals surface area contributed by atoms with Crippen LogP contribution in [0.4, 0.5) is 0 Å². The van der Waals surface area contributed by atoms with Gasteiger partial charge in [0.05, 0.1) is 0 Å². The molecule has 1 nitrogen and oxygen atoms in total. The number of hydrogen-bond donors (Lipinski definition) is 0. The van der Waals surface area contributed by atoms with Gasteiger partial charge in [0.15, 0.2) is 5.78 Å². The summed E-state index contributed by atoms with van der Waals surface area (Å²) in [5, 5.41) is 0. The summed E-state index contributed by atoms with van der Waals surface area (Å²) in [7, 11) is 0. The molecule has 1 aromatic carbocycles. The third kappa shape index (κ3) is 2.15. The number of Topliss-reactive ketones (excluding diaryl/α,β-unsaturated/α-hetero) is 1. The molecule has 0 radical (unpaired) electrons. The van der Waals surface area contributed by atoms with Gasteiger partial charge in [0.1, 0.15) is 0 Å². The molecule has 0 saturated heterocycles. The summed E-state index contributed by atoms with van der Waals surface area (Å²) in [6.07, 6.45) is 3.34. The predicted molar refractivity (Wildman–Crippen MR) is 54.7 cm³/mol. The highest BCUT2D eigenvalue weighted by Gasteiger charge is 2.06. The smallest absolute Gasteiger partial charge is 0.192 e. The molecule has 0 unspecified atom stereocenters. The number of carbonyl (C=O) groups excluding carboxylic acids is 1. The zero-order valence-electron chi connectivity index (χ0n) is 7.66. The van der Waals surface area contributed by atoms with Gasteiger partial charge < -0.3 is 0 Å². The maximum atomic E-state index is 11.7. The Bertz CT molecular complexity index is 333. The molecule has 13 heavy (non-hydrogen) atoms. The first-order valence-electron chi connectivity index (χ1n) is 4.18. The van der Waals surface area contributed by atoms with Crippen LogP contribution in [-0.2, 0) is 0 Å². The van der Waals surface area contributed by atoms with Gasteiger partial charge in [-0.05, 0) is 6.92 Å². The molecular formula is C12H12O. The van der Waals surface area contributed by atoms with E-state index in [0.717, 1.165) is 0 Å². The lowest BCUT2D eigenvalue weighted by molar-refractivity contribution is 0.103. The monoisotopic (exact) mass is 172 g/mol. The van der Waals surface area contributed by atoms with Crippen molar-refractivity contribution in [3.8, 4) is 0 Å². The van der Waals surface area contributed by atoms with Crippen molar-refractivity contribution in [3.63, 3.8) is 0 Å². The van der Waals surface area contributed by atoms with E-state index >= 15 is 0 Å². The van der Waals surface area contributed by atoms with E-state index in [1.165, 1.54) is 0 Å². The second-order valence-corrected chi connectivity index (χ2v) is 2.64. The number of carbonyl (C=O) groups is 1. The number of rotatable bonds is 3. The summed E-state index contributed by atoms with van der Waals surface area (Å²) in [6.45, 7) is 5.42. The average Bonchev–Trinajstić information content (AvgIpc) is 2.21. The first kappa shape index (κ1) is 9.46. The molecule has 0 N–H and O–H groups in total. The Labute approximate surface area is 78.4 Å². The van der Waals surface area contributed by atoms with Crippen molar-refractivity contribution in [1.82, 2.24) is 0 Å². The normalized spacial score (nSPS) is 11.0. The van der Waals surface area contributed by atoms with Crippen molar-refractivity contribution in [2.75, 3.05) is 0 Å². The van der Waals surface area contributed by atoms with Crippen LogP contribution >= 0.6 is 0 Å². The van der Waals surface area contributed by atoms with Crippen molar-refractivity contribution < 1.29 is 4.79 Å². The minimum absolute atomic E-state index is 0.0260. The van der Waals surface area contributed by atoms with E-state index in [-0.39, 0.29) is 5.78 Å². The molecule has 0 bridgehead atoms. The number of allylic oxidation sites excluding steroid dienone is 3. The molecule has 0 aliphatic heterocycles. The quantitative estimate of drug-likeness (QED) is 0.389. The average molecular weight is 172 g/mol. The number of benzene rings is 1. The highest BCUT2D eigenvalue weighted by atomic mass is 16.1. The summed E-state index contributed by atoms with van der Waals surface area (Å²) < 4.78 is 0. The zero-order chi connectivity index (χ0) is 9.68. The van der Waals surface area contributed by atoms with Crippen molar-refractivity contribution in [3.05, 3.63) is 60.2 Å². The van der Waals surface area contributed by atoms with Crippen molar-refractivity contribution in [2.45, 2.75) is 6.92 Å². The van der Waals surface area contributed by atoms with Crippen LogP contribution in [0.15, 0.2) is 54.6 Å². The summed E-state index contributed by atoms with van der Waals surface area (Å²) in [5.74, 6) is 0.0260. The highest BCUT2D eigenvalue weighted by molar-refractivity contribution is 6.10. The molecule has 0 fully saturated rings. The van der Waals surface area contributed by atoms with Crippen LogP contribution in [0.25, 0.3) is 0 Å².